The van der Waals surface area contributed by atoms with Crippen molar-refractivity contribution in [1.29, 1.82) is 0 Å². The summed E-state index contributed by atoms with van der Waals surface area (Å²) in [6.45, 7) is 0.267. The van der Waals surface area contributed by atoms with Gasteiger partial charge < -0.3 is 15.2 Å². The van der Waals surface area contributed by atoms with Gasteiger partial charge in [-0.2, -0.15) is 0 Å². The second-order valence-corrected chi connectivity index (χ2v) is 5.13. The first-order valence-electron chi connectivity index (χ1n) is 6.16. The number of ether oxygens (including phenoxy) is 2. The van der Waals surface area contributed by atoms with E-state index in [-0.39, 0.29) is 24.5 Å². The molecule has 0 bridgehead atoms. The van der Waals surface area contributed by atoms with Gasteiger partial charge in [0.2, 0.25) is 0 Å². The zero-order chi connectivity index (χ0) is 15.2. The van der Waals surface area contributed by atoms with Gasteiger partial charge in [-0.3, -0.25) is 0 Å². The summed E-state index contributed by atoms with van der Waals surface area (Å²) in [6, 6.07) is 10.8. The predicted octanol–water partition coefficient (Wildman–Crippen LogP) is 3.41. The van der Waals surface area contributed by atoms with E-state index in [0.29, 0.717) is 5.75 Å². The lowest BCUT2D eigenvalue weighted by Crippen LogP contribution is -2.12. The number of anilines is 1. The maximum atomic E-state index is 13.1. The molecule has 0 radical (unpaired) electrons. The van der Waals surface area contributed by atoms with Gasteiger partial charge in [0.05, 0.1) is 5.56 Å². The van der Waals surface area contributed by atoms with Crippen LogP contribution in [0.25, 0.3) is 0 Å². The SMILES string of the molecule is Nc1cc(F)cc(C(=O)OCCOc2ccc(Br)cc2)c1. The summed E-state index contributed by atoms with van der Waals surface area (Å²) >= 11 is 3.32. The minimum atomic E-state index is -0.638. The maximum Gasteiger partial charge on any atom is 0.338 e. The highest BCUT2D eigenvalue weighted by Gasteiger charge is 2.09. The third kappa shape index (κ3) is 4.75. The molecule has 0 fully saturated rings. The number of nitrogens with two attached hydrogens (primary N) is 1. The summed E-state index contributed by atoms with van der Waals surface area (Å²) < 4.78 is 24.4. The Morgan fingerprint density at radius 2 is 1.86 bits per heavy atom. The fourth-order valence-electron chi connectivity index (χ4n) is 1.64. The van der Waals surface area contributed by atoms with E-state index in [1.54, 1.807) is 12.1 Å². The number of hydrogen-bond acceptors (Lipinski definition) is 4. The molecule has 21 heavy (non-hydrogen) atoms. The van der Waals surface area contributed by atoms with Crippen molar-refractivity contribution in [3.05, 3.63) is 58.3 Å². The van der Waals surface area contributed by atoms with Crippen molar-refractivity contribution in [2.24, 2.45) is 0 Å². The van der Waals surface area contributed by atoms with Crippen LogP contribution in [0.3, 0.4) is 0 Å². The largest absolute Gasteiger partial charge is 0.490 e. The van der Waals surface area contributed by atoms with Crippen molar-refractivity contribution in [3.8, 4) is 5.75 Å². The zero-order valence-corrected chi connectivity index (χ0v) is 12.6. The second-order valence-electron chi connectivity index (χ2n) is 4.21. The Morgan fingerprint density at radius 3 is 2.52 bits per heavy atom. The molecule has 0 atom stereocenters. The van der Waals surface area contributed by atoms with Crippen molar-refractivity contribution in [3.63, 3.8) is 0 Å². The molecule has 2 aromatic rings. The number of nitrogen functional groups attached to an aromatic ring is 1. The molecule has 2 N–H and O–H groups in total. The fourth-order valence-corrected chi connectivity index (χ4v) is 1.90. The van der Waals surface area contributed by atoms with E-state index in [2.05, 4.69) is 15.9 Å². The summed E-state index contributed by atoms with van der Waals surface area (Å²) in [5, 5.41) is 0. The van der Waals surface area contributed by atoms with Gasteiger partial charge in [-0.05, 0) is 42.5 Å². The van der Waals surface area contributed by atoms with E-state index in [1.165, 1.54) is 6.07 Å². The van der Waals surface area contributed by atoms with Crippen molar-refractivity contribution in [2.75, 3.05) is 18.9 Å². The topological polar surface area (TPSA) is 61.6 Å². The number of esters is 1. The number of rotatable bonds is 5. The fraction of sp³-hybridized carbons (Fsp3) is 0.133. The first kappa shape index (κ1) is 15.3. The number of hydrogen-bond donors (Lipinski definition) is 1. The Balaban J connectivity index is 1.80. The molecule has 0 amide bonds. The van der Waals surface area contributed by atoms with E-state index in [4.69, 9.17) is 15.2 Å². The molecule has 2 rings (SSSR count). The maximum absolute atomic E-state index is 13.1. The summed E-state index contributed by atoms with van der Waals surface area (Å²) in [5.41, 5.74) is 5.72. The van der Waals surface area contributed by atoms with Gasteiger partial charge in [0.15, 0.2) is 0 Å². The van der Waals surface area contributed by atoms with Crippen LogP contribution in [-0.4, -0.2) is 19.2 Å². The van der Waals surface area contributed by atoms with Crippen LogP contribution in [0.5, 0.6) is 5.75 Å². The Morgan fingerprint density at radius 1 is 1.14 bits per heavy atom. The predicted molar refractivity (Wildman–Crippen MR) is 80.7 cm³/mol. The zero-order valence-electron chi connectivity index (χ0n) is 11.0. The van der Waals surface area contributed by atoms with Gasteiger partial charge in [-0.15, -0.1) is 0 Å². The van der Waals surface area contributed by atoms with Crippen LogP contribution in [0.4, 0.5) is 10.1 Å². The highest BCUT2D eigenvalue weighted by Crippen LogP contribution is 2.16. The lowest BCUT2D eigenvalue weighted by atomic mass is 10.2. The lowest BCUT2D eigenvalue weighted by Gasteiger charge is -2.08. The summed E-state index contributed by atoms with van der Waals surface area (Å²) in [4.78, 5) is 11.7. The first-order chi connectivity index (χ1) is 10.0. The normalized spacial score (nSPS) is 10.2. The van der Waals surface area contributed by atoms with Crippen LogP contribution in [-0.2, 0) is 4.74 Å². The standard InChI is InChI=1S/C15H13BrFNO3/c16-11-1-3-14(4-2-11)20-5-6-21-15(19)10-7-12(17)9-13(18)8-10/h1-4,7-9H,5-6,18H2. The smallest absolute Gasteiger partial charge is 0.338 e. The quantitative estimate of drug-likeness (QED) is 0.508. The van der Waals surface area contributed by atoms with Gasteiger partial charge in [-0.25, -0.2) is 9.18 Å². The molecule has 0 heterocycles. The minimum Gasteiger partial charge on any atom is -0.490 e. The first-order valence-corrected chi connectivity index (χ1v) is 6.95. The average molecular weight is 354 g/mol. The molecule has 0 aliphatic rings. The molecule has 0 aromatic heterocycles. The summed E-state index contributed by atoms with van der Waals surface area (Å²) in [6.07, 6.45) is 0. The van der Waals surface area contributed by atoms with Gasteiger partial charge >= 0.3 is 5.97 Å². The Hall–Kier alpha value is -2.08. The van der Waals surface area contributed by atoms with Crippen LogP contribution in [0, 0.1) is 5.82 Å². The lowest BCUT2D eigenvalue weighted by molar-refractivity contribution is 0.0450. The highest BCUT2D eigenvalue weighted by atomic mass is 79.9. The van der Waals surface area contributed by atoms with E-state index in [9.17, 15) is 9.18 Å². The Bertz CT molecular complexity index is 611. The molecule has 0 saturated heterocycles. The summed E-state index contributed by atoms with van der Waals surface area (Å²) in [7, 11) is 0. The van der Waals surface area contributed by atoms with E-state index in [1.807, 2.05) is 12.1 Å². The van der Waals surface area contributed by atoms with E-state index < -0.39 is 11.8 Å². The average Bonchev–Trinajstić information content (AvgIpc) is 2.44. The molecule has 0 aliphatic carbocycles. The Kier molecular flexibility index (Phi) is 5.16. The van der Waals surface area contributed by atoms with Crippen molar-refractivity contribution in [2.45, 2.75) is 0 Å². The molecule has 110 valence electrons. The third-order valence-corrected chi connectivity index (χ3v) is 3.08. The van der Waals surface area contributed by atoms with E-state index >= 15 is 0 Å². The number of carbonyl (C=O) groups excluding carboxylic acids is 1. The molecular weight excluding hydrogens is 341 g/mol. The molecule has 0 saturated carbocycles. The molecule has 0 aliphatic heterocycles. The van der Waals surface area contributed by atoms with Crippen LogP contribution in [0.1, 0.15) is 10.4 Å². The van der Waals surface area contributed by atoms with Crippen LogP contribution < -0.4 is 10.5 Å². The number of halogens is 2. The molecule has 0 unspecified atom stereocenters. The van der Waals surface area contributed by atoms with Crippen LogP contribution >= 0.6 is 15.9 Å². The molecule has 4 nitrogen and oxygen atoms in total. The molecule has 6 heteroatoms. The van der Waals surface area contributed by atoms with Crippen molar-refractivity contribution >= 4 is 27.6 Å². The molecule has 2 aromatic carbocycles. The van der Waals surface area contributed by atoms with Gasteiger partial charge in [0, 0.05) is 10.2 Å². The van der Waals surface area contributed by atoms with Gasteiger partial charge in [-0.1, -0.05) is 15.9 Å². The van der Waals surface area contributed by atoms with Crippen LogP contribution in [0.15, 0.2) is 46.9 Å². The van der Waals surface area contributed by atoms with Gasteiger partial charge in [0.1, 0.15) is 24.8 Å². The third-order valence-electron chi connectivity index (χ3n) is 2.55. The van der Waals surface area contributed by atoms with E-state index in [0.717, 1.165) is 16.6 Å². The molecule has 0 spiro atoms. The Labute approximate surface area is 129 Å². The van der Waals surface area contributed by atoms with Crippen LogP contribution in [0.2, 0.25) is 0 Å². The number of carbonyl (C=O) groups is 1. The van der Waals surface area contributed by atoms with Crippen molar-refractivity contribution < 1.29 is 18.7 Å². The van der Waals surface area contributed by atoms with Crippen molar-refractivity contribution in [1.82, 2.24) is 0 Å². The monoisotopic (exact) mass is 353 g/mol. The molecular formula is C15H13BrFNO3. The summed E-state index contributed by atoms with van der Waals surface area (Å²) in [5.74, 6) is -0.544. The minimum absolute atomic E-state index is 0.0608. The second kappa shape index (κ2) is 7.08. The number of benzene rings is 2. The van der Waals surface area contributed by atoms with Gasteiger partial charge in [0.25, 0.3) is 0 Å². The highest BCUT2D eigenvalue weighted by molar-refractivity contribution is 9.10.